The molecule has 0 saturated carbocycles. The Bertz CT molecular complexity index is 803. The summed E-state index contributed by atoms with van der Waals surface area (Å²) in [5.41, 5.74) is 2.39. The molecule has 2 aromatic rings. The van der Waals surface area contributed by atoms with Crippen LogP contribution in [0, 0.1) is 6.92 Å². The molecule has 5 nitrogen and oxygen atoms in total. The molecule has 3 rings (SSSR count). The van der Waals surface area contributed by atoms with Crippen molar-refractivity contribution in [2.45, 2.75) is 13.3 Å². The van der Waals surface area contributed by atoms with Crippen LogP contribution in [0.2, 0.25) is 0 Å². The number of methoxy groups -OCH3 is 1. The first kappa shape index (κ1) is 18.0. The molecule has 1 fully saturated rings. The highest BCUT2D eigenvalue weighted by Gasteiger charge is 2.23. The lowest BCUT2D eigenvalue weighted by molar-refractivity contribution is 0.0718. The number of ether oxygens (including phenoxy) is 1. The van der Waals surface area contributed by atoms with E-state index < -0.39 is 0 Å². The molecule has 0 bridgehead atoms. The van der Waals surface area contributed by atoms with Crippen molar-refractivity contribution >= 4 is 11.8 Å². The molecule has 0 atom stereocenters. The van der Waals surface area contributed by atoms with Crippen molar-refractivity contribution in [2.75, 3.05) is 33.3 Å². The van der Waals surface area contributed by atoms with E-state index in [4.69, 9.17) is 4.74 Å². The lowest BCUT2D eigenvalue weighted by Crippen LogP contribution is -2.37. The van der Waals surface area contributed by atoms with Crippen molar-refractivity contribution in [3.8, 4) is 5.75 Å². The van der Waals surface area contributed by atoms with Crippen LogP contribution < -0.4 is 4.74 Å². The minimum absolute atomic E-state index is 0.0197. The van der Waals surface area contributed by atoms with Gasteiger partial charge in [0.1, 0.15) is 5.75 Å². The molecule has 0 aromatic heterocycles. The summed E-state index contributed by atoms with van der Waals surface area (Å²) in [6.45, 7) is 4.37. The molecule has 0 N–H and O–H groups in total. The number of carbonyl (C=O) groups excluding carboxylic acids is 2. The van der Waals surface area contributed by atoms with Crippen molar-refractivity contribution < 1.29 is 14.3 Å². The van der Waals surface area contributed by atoms with Crippen LogP contribution in [-0.2, 0) is 0 Å². The van der Waals surface area contributed by atoms with Gasteiger partial charge in [-0.2, -0.15) is 0 Å². The zero-order valence-electron chi connectivity index (χ0n) is 15.3. The van der Waals surface area contributed by atoms with Crippen molar-refractivity contribution in [2.24, 2.45) is 0 Å². The van der Waals surface area contributed by atoms with Gasteiger partial charge in [-0.25, -0.2) is 0 Å². The molecule has 0 unspecified atom stereocenters. The van der Waals surface area contributed by atoms with E-state index in [2.05, 4.69) is 0 Å². The van der Waals surface area contributed by atoms with Crippen molar-refractivity contribution in [1.82, 2.24) is 9.80 Å². The second kappa shape index (κ2) is 8.04. The van der Waals surface area contributed by atoms with Crippen LogP contribution in [-0.4, -0.2) is 54.9 Å². The average molecular weight is 352 g/mol. The fourth-order valence-corrected chi connectivity index (χ4v) is 3.22. The highest BCUT2D eigenvalue weighted by atomic mass is 16.5. The lowest BCUT2D eigenvalue weighted by atomic mass is 10.1. The van der Waals surface area contributed by atoms with Crippen LogP contribution in [0.4, 0.5) is 0 Å². The van der Waals surface area contributed by atoms with E-state index in [-0.39, 0.29) is 11.8 Å². The molecule has 5 heteroatoms. The van der Waals surface area contributed by atoms with Gasteiger partial charge in [0.2, 0.25) is 0 Å². The Kier molecular flexibility index (Phi) is 5.56. The van der Waals surface area contributed by atoms with Crippen LogP contribution in [0.15, 0.2) is 48.5 Å². The third-order valence-corrected chi connectivity index (χ3v) is 4.65. The Labute approximate surface area is 154 Å². The number of rotatable bonds is 3. The quantitative estimate of drug-likeness (QED) is 0.853. The van der Waals surface area contributed by atoms with Gasteiger partial charge in [0.15, 0.2) is 0 Å². The third-order valence-electron chi connectivity index (χ3n) is 4.65. The summed E-state index contributed by atoms with van der Waals surface area (Å²) < 4.78 is 5.20. The molecular formula is C21H24N2O3. The van der Waals surface area contributed by atoms with E-state index in [0.717, 1.165) is 12.0 Å². The van der Waals surface area contributed by atoms with E-state index in [1.165, 1.54) is 0 Å². The topological polar surface area (TPSA) is 49.9 Å². The Balaban J connectivity index is 1.68. The number of carbonyl (C=O) groups is 2. The SMILES string of the molecule is COc1cccc(C(=O)N2CCCN(C(=O)c3cccc(C)c3)CC2)c1. The van der Waals surface area contributed by atoms with Gasteiger partial charge in [0, 0.05) is 37.3 Å². The minimum Gasteiger partial charge on any atom is -0.497 e. The van der Waals surface area contributed by atoms with E-state index in [9.17, 15) is 9.59 Å². The summed E-state index contributed by atoms with van der Waals surface area (Å²) in [5.74, 6) is 0.681. The molecule has 1 aliphatic rings. The van der Waals surface area contributed by atoms with Crippen molar-refractivity contribution in [3.05, 3.63) is 65.2 Å². The second-order valence-corrected chi connectivity index (χ2v) is 6.54. The van der Waals surface area contributed by atoms with Gasteiger partial charge in [-0.3, -0.25) is 9.59 Å². The molecule has 136 valence electrons. The molecule has 1 aliphatic heterocycles. The summed E-state index contributed by atoms with van der Waals surface area (Å²) in [6.07, 6.45) is 0.771. The average Bonchev–Trinajstić information content (AvgIpc) is 2.93. The number of nitrogens with zero attached hydrogens (tertiary/aromatic N) is 2. The lowest BCUT2D eigenvalue weighted by Gasteiger charge is -2.22. The summed E-state index contributed by atoms with van der Waals surface area (Å²) in [5, 5.41) is 0. The number of aryl methyl sites for hydroxylation is 1. The van der Waals surface area contributed by atoms with Crippen LogP contribution in [0.3, 0.4) is 0 Å². The van der Waals surface area contributed by atoms with E-state index >= 15 is 0 Å². The van der Waals surface area contributed by atoms with Crippen molar-refractivity contribution in [1.29, 1.82) is 0 Å². The van der Waals surface area contributed by atoms with Crippen molar-refractivity contribution in [3.63, 3.8) is 0 Å². The molecule has 2 aromatic carbocycles. The first-order chi connectivity index (χ1) is 12.6. The van der Waals surface area contributed by atoms with Crippen LogP contribution in [0.25, 0.3) is 0 Å². The van der Waals surface area contributed by atoms with Gasteiger partial charge in [-0.05, 0) is 43.7 Å². The smallest absolute Gasteiger partial charge is 0.254 e. The van der Waals surface area contributed by atoms with Gasteiger partial charge in [0.25, 0.3) is 11.8 Å². The predicted molar refractivity (Wildman–Crippen MR) is 101 cm³/mol. The summed E-state index contributed by atoms with van der Waals surface area (Å²) in [6, 6.07) is 14.8. The maximum absolute atomic E-state index is 12.8. The number of amides is 2. The standard InChI is InChI=1S/C21H24N2O3/c1-16-6-3-7-17(14-16)20(24)22-10-5-11-23(13-12-22)21(25)18-8-4-9-19(15-18)26-2/h3-4,6-9,14-15H,5,10-13H2,1-2H3. The first-order valence-electron chi connectivity index (χ1n) is 8.88. The summed E-state index contributed by atoms with van der Waals surface area (Å²) in [4.78, 5) is 29.2. The van der Waals surface area contributed by atoms with E-state index in [1.807, 2.05) is 53.1 Å². The Morgan fingerprint density at radius 1 is 0.846 bits per heavy atom. The maximum Gasteiger partial charge on any atom is 0.254 e. The Hall–Kier alpha value is -2.82. The first-order valence-corrected chi connectivity index (χ1v) is 8.88. The molecular weight excluding hydrogens is 328 g/mol. The van der Waals surface area contributed by atoms with Gasteiger partial charge >= 0.3 is 0 Å². The zero-order valence-corrected chi connectivity index (χ0v) is 15.3. The minimum atomic E-state index is -0.0197. The molecule has 1 saturated heterocycles. The third kappa shape index (κ3) is 4.04. The molecule has 0 spiro atoms. The zero-order chi connectivity index (χ0) is 18.5. The highest BCUT2D eigenvalue weighted by molar-refractivity contribution is 5.95. The number of benzene rings is 2. The number of hydrogen-bond acceptors (Lipinski definition) is 3. The van der Waals surface area contributed by atoms with Gasteiger partial charge in [-0.1, -0.05) is 23.8 Å². The van der Waals surface area contributed by atoms with Crippen LogP contribution in [0.5, 0.6) is 5.75 Å². The molecule has 2 amide bonds. The van der Waals surface area contributed by atoms with Crippen LogP contribution >= 0.6 is 0 Å². The van der Waals surface area contributed by atoms with E-state index in [0.29, 0.717) is 43.1 Å². The second-order valence-electron chi connectivity index (χ2n) is 6.54. The summed E-state index contributed by atoms with van der Waals surface area (Å²) >= 11 is 0. The van der Waals surface area contributed by atoms with Crippen LogP contribution in [0.1, 0.15) is 32.7 Å². The van der Waals surface area contributed by atoms with Gasteiger partial charge in [0.05, 0.1) is 7.11 Å². The van der Waals surface area contributed by atoms with Gasteiger partial charge < -0.3 is 14.5 Å². The molecule has 0 aliphatic carbocycles. The predicted octanol–water partition coefficient (Wildman–Crippen LogP) is 2.99. The highest BCUT2D eigenvalue weighted by Crippen LogP contribution is 2.16. The Morgan fingerprint density at radius 3 is 2.00 bits per heavy atom. The Morgan fingerprint density at radius 2 is 1.42 bits per heavy atom. The fourth-order valence-electron chi connectivity index (χ4n) is 3.22. The summed E-state index contributed by atoms with van der Waals surface area (Å²) in [7, 11) is 1.59. The maximum atomic E-state index is 12.8. The fraction of sp³-hybridized carbons (Fsp3) is 0.333. The molecule has 0 radical (unpaired) electrons. The molecule has 1 heterocycles. The largest absolute Gasteiger partial charge is 0.497 e. The molecule has 26 heavy (non-hydrogen) atoms. The van der Waals surface area contributed by atoms with Gasteiger partial charge in [-0.15, -0.1) is 0 Å². The monoisotopic (exact) mass is 352 g/mol. The normalized spacial score (nSPS) is 14.7. The number of hydrogen-bond donors (Lipinski definition) is 0. The van der Waals surface area contributed by atoms with E-state index in [1.54, 1.807) is 19.2 Å².